The molecule has 0 fully saturated rings. The summed E-state index contributed by atoms with van der Waals surface area (Å²) in [5.74, 6) is 0. The number of hydrogen-bond acceptors (Lipinski definition) is 3. The Hall–Kier alpha value is -1.98. The SMILES string of the molecule is FC(F)(F)c1ccc(-c2ccncn2)nc1. The third-order valence-corrected chi connectivity index (χ3v) is 1.94. The van der Waals surface area contributed by atoms with Crippen molar-refractivity contribution in [3.8, 4) is 11.4 Å². The number of pyridine rings is 1. The van der Waals surface area contributed by atoms with Gasteiger partial charge < -0.3 is 0 Å². The van der Waals surface area contributed by atoms with Gasteiger partial charge in [0.15, 0.2) is 0 Å². The van der Waals surface area contributed by atoms with Crippen LogP contribution in [0.5, 0.6) is 0 Å². The smallest absolute Gasteiger partial charge is 0.254 e. The Balaban J connectivity index is 2.34. The number of alkyl halides is 3. The van der Waals surface area contributed by atoms with Gasteiger partial charge in [-0.3, -0.25) is 4.98 Å². The van der Waals surface area contributed by atoms with Crippen molar-refractivity contribution in [1.29, 1.82) is 0 Å². The van der Waals surface area contributed by atoms with Crippen LogP contribution in [0.2, 0.25) is 0 Å². The van der Waals surface area contributed by atoms with E-state index < -0.39 is 11.7 Å². The fourth-order valence-corrected chi connectivity index (χ4v) is 1.16. The first kappa shape index (κ1) is 10.5. The van der Waals surface area contributed by atoms with Crippen molar-refractivity contribution >= 4 is 0 Å². The van der Waals surface area contributed by atoms with Crippen molar-refractivity contribution in [2.75, 3.05) is 0 Å². The third kappa shape index (κ3) is 2.16. The Kier molecular flexibility index (Phi) is 2.55. The van der Waals surface area contributed by atoms with Crippen LogP contribution in [0, 0.1) is 0 Å². The maximum absolute atomic E-state index is 12.3. The molecule has 0 radical (unpaired) electrons. The van der Waals surface area contributed by atoms with Crippen LogP contribution in [-0.2, 0) is 6.18 Å². The van der Waals surface area contributed by atoms with E-state index in [1.807, 2.05) is 0 Å². The molecular formula is C10H6F3N3. The van der Waals surface area contributed by atoms with E-state index in [9.17, 15) is 13.2 Å². The fraction of sp³-hybridized carbons (Fsp3) is 0.100. The normalized spacial score (nSPS) is 11.4. The van der Waals surface area contributed by atoms with Gasteiger partial charge in [-0.25, -0.2) is 9.97 Å². The number of hydrogen-bond donors (Lipinski definition) is 0. The molecule has 0 atom stereocenters. The van der Waals surface area contributed by atoms with Gasteiger partial charge in [0, 0.05) is 12.4 Å². The van der Waals surface area contributed by atoms with Gasteiger partial charge in [0.25, 0.3) is 0 Å². The molecule has 0 N–H and O–H groups in total. The molecule has 2 aromatic heterocycles. The third-order valence-electron chi connectivity index (χ3n) is 1.94. The average molecular weight is 225 g/mol. The van der Waals surface area contributed by atoms with Gasteiger partial charge in [-0.05, 0) is 18.2 Å². The van der Waals surface area contributed by atoms with Crippen LogP contribution in [-0.4, -0.2) is 15.0 Å². The molecule has 0 unspecified atom stereocenters. The molecule has 0 spiro atoms. The Morgan fingerprint density at radius 1 is 0.938 bits per heavy atom. The lowest BCUT2D eigenvalue weighted by Crippen LogP contribution is -2.05. The van der Waals surface area contributed by atoms with Crippen molar-refractivity contribution in [2.45, 2.75) is 6.18 Å². The monoisotopic (exact) mass is 225 g/mol. The zero-order chi connectivity index (χ0) is 11.6. The number of nitrogens with zero attached hydrogens (tertiary/aromatic N) is 3. The molecule has 2 heterocycles. The lowest BCUT2D eigenvalue weighted by Gasteiger charge is -2.06. The Labute approximate surface area is 89.0 Å². The predicted octanol–water partition coefficient (Wildman–Crippen LogP) is 2.56. The van der Waals surface area contributed by atoms with E-state index in [-0.39, 0.29) is 0 Å². The molecule has 0 aliphatic heterocycles. The number of aromatic nitrogens is 3. The van der Waals surface area contributed by atoms with Gasteiger partial charge >= 0.3 is 6.18 Å². The molecule has 0 amide bonds. The van der Waals surface area contributed by atoms with Crippen molar-refractivity contribution in [3.05, 3.63) is 42.5 Å². The van der Waals surface area contributed by atoms with Gasteiger partial charge in [0.05, 0.1) is 17.0 Å². The summed E-state index contributed by atoms with van der Waals surface area (Å²) in [6.45, 7) is 0. The molecule has 82 valence electrons. The van der Waals surface area contributed by atoms with E-state index in [1.165, 1.54) is 18.6 Å². The molecule has 0 aliphatic carbocycles. The molecule has 2 aromatic rings. The largest absolute Gasteiger partial charge is 0.417 e. The van der Waals surface area contributed by atoms with Crippen molar-refractivity contribution < 1.29 is 13.2 Å². The zero-order valence-corrected chi connectivity index (χ0v) is 7.94. The molecule has 0 saturated carbocycles. The van der Waals surface area contributed by atoms with Crippen LogP contribution < -0.4 is 0 Å². The standard InChI is InChI=1S/C10H6F3N3/c11-10(12,13)7-1-2-8(15-5-7)9-3-4-14-6-16-9/h1-6H. The molecule has 16 heavy (non-hydrogen) atoms. The van der Waals surface area contributed by atoms with Crippen LogP contribution in [0.25, 0.3) is 11.4 Å². The average Bonchev–Trinajstić information content (AvgIpc) is 2.29. The first-order valence-corrected chi connectivity index (χ1v) is 4.37. The Bertz CT molecular complexity index is 465. The van der Waals surface area contributed by atoms with Gasteiger partial charge in [-0.1, -0.05) is 0 Å². The van der Waals surface area contributed by atoms with Crippen molar-refractivity contribution in [2.24, 2.45) is 0 Å². The highest BCUT2D eigenvalue weighted by Gasteiger charge is 2.30. The lowest BCUT2D eigenvalue weighted by atomic mass is 10.2. The molecule has 2 rings (SSSR count). The lowest BCUT2D eigenvalue weighted by molar-refractivity contribution is -0.137. The predicted molar refractivity (Wildman–Crippen MR) is 50.3 cm³/mol. The maximum Gasteiger partial charge on any atom is 0.417 e. The summed E-state index contributed by atoms with van der Waals surface area (Å²) < 4.78 is 36.8. The van der Waals surface area contributed by atoms with Gasteiger partial charge in [0.1, 0.15) is 6.33 Å². The summed E-state index contributed by atoms with van der Waals surface area (Å²) >= 11 is 0. The van der Waals surface area contributed by atoms with E-state index in [0.29, 0.717) is 11.4 Å². The van der Waals surface area contributed by atoms with E-state index in [4.69, 9.17) is 0 Å². The first-order valence-electron chi connectivity index (χ1n) is 4.37. The number of rotatable bonds is 1. The highest BCUT2D eigenvalue weighted by atomic mass is 19.4. The topological polar surface area (TPSA) is 38.7 Å². The van der Waals surface area contributed by atoms with Gasteiger partial charge in [-0.15, -0.1) is 0 Å². The second-order valence-corrected chi connectivity index (χ2v) is 3.02. The van der Waals surface area contributed by atoms with E-state index in [0.717, 1.165) is 12.3 Å². The van der Waals surface area contributed by atoms with Crippen LogP contribution in [0.1, 0.15) is 5.56 Å². The molecule has 0 aliphatic rings. The number of halogens is 3. The summed E-state index contributed by atoms with van der Waals surface area (Å²) in [6.07, 6.45) is -0.759. The summed E-state index contributed by atoms with van der Waals surface area (Å²) in [5.41, 5.74) is 0.101. The summed E-state index contributed by atoms with van der Waals surface area (Å²) in [6, 6.07) is 3.84. The van der Waals surface area contributed by atoms with Crippen molar-refractivity contribution in [3.63, 3.8) is 0 Å². The van der Waals surface area contributed by atoms with Crippen LogP contribution in [0.15, 0.2) is 36.9 Å². The van der Waals surface area contributed by atoms with Crippen molar-refractivity contribution in [1.82, 2.24) is 15.0 Å². The molecule has 0 aromatic carbocycles. The Morgan fingerprint density at radius 3 is 2.19 bits per heavy atom. The van der Waals surface area contributed by atoms with E-state index >= 15 is 0 Å². The highest BCUT2D eigenvalue weighted by molar-refractivity contribution is 5.52. The minimum atomic E-state index is -4.36. The minimum absolute atomic E-state index is 0.385. The molecular weight excluding hydrogens is 219 g/mol. The quantitative estimate of drug-likeness (QED) is 0.748. The molecule has 0 saturated heterocycles. The highest BCUT2D eigenvalue weighted by Crippen LogP contribution is 2.29. The van der Waals surface area contributed by atoms with E-state index in [1.54, 1.807) is 6.07 Å². The molecule has 3 nitrogen and oxygen atoms in total. The van der Waals surface area contributed by atoms with Crippen LogP contribution in [0.4, 0.5) is 13.2 Å². The van der Waals surface area contributed by atoms with Crippen LogP contribution in [0.3, 0.4) is 0 Å². The second kappa shape index (κ2) is 3.88. The summed E-state index contributed by atoms with van der Waals surface area (Å²) in [5, 5.41) is 0. The summed E-state index contributed by atoms with van der Waals surface area (Å²) in [4.78, 5) is 11.3. The first-order chi connectivity index (χ1) is 7.57. The summed E-state index contributed by atoms with van der Waals surface area (Å²) in [7, 11) is 0. The second-order valence-electron chi connectivity index (χ2n) is 3.02. The maximum atomic E-state index is 12.3. The zero-order valence-electron chi connectivity index (χ0n) is 7.94. The molecule has 6 heteroatoms. The van der Waals surface area contributed by atoms with E-state index in [2.05, 4.69) is 15.0 Å². The Morgan fingerprint density at radius 2 is 1.69 bits per heavy atom. The fourth-order valence-electron chi connectivity index (χ4n) is 1.16. The van der Waals surface area contributed by atoms with Gasteiger partial charge in [0.2, 0.25) is 0 Å². The van der Waals surface area contributed by atoms with Gasteiger partial charge in [-0.2, -0.15) is 13.2 Å². The van der Waals surface area contributed by atoms with Crippen LogP contribution >= 0.6 is 0 Å². The minimum Gasteiger partial charge on any atom is -0.254 e. The molecule has 0 bridgehead atoms.